The number of thiophene rings is 1. The topological polar surface area (TPSA) is 86.8 Å². The number of hydrogen-bond acceptors (Lipinski definition) is 5. The molecular formula is C22H26F3N3O4S2. The highest BCUT2D eigenvalue weighted by Gasteiger charge is 2.41. The van der Waals surface area contributed by atoms with E-state index >= 15 is 0 Å². The highest BCUT2D eigenvalue weighted by molar-refractivity contribution is 7.91. The largest absolute Gasteiger partial charge is 0.416 e. The number of nitrogens with zero attached hydrogens (tertiary/aromatic N) is 2. The predicted molar refractivity (Wildman–Crippen MR) is 122 cm³/mol. The summed E-state index contributed by atoms with van der Waals surface area (Å²) in [5.41, 5.74) is -0.379. The Bertz CT molecular complexity index is 1140. The molecule has 1 saturated heterocycles. The summed E-state index contributed by atoms with van der Waals surface area (Å²) in [7, 11) is -3.99. The maximum Gasteiger partial charge on any atom is 0.416 e. The maximum atomic E-state index is 13.4. The van der Waals surface area contributed by atoms with Crippen molar-refractivity contribution in [3.63, 3.8) is 0 Å². The Hall–Kier alpha value is -2.44. The van der Waals surface area contributed by atoms with Crippen LogP contribution in [0.4, 0.5) is 13.2 Å². The zero-order valence-electron chi connectivity index (χ0n) is 18.9. The smallest absolute Gasteiger partial charge is 0.351 e. The van der Waals surface area contributed by atoms with Gasteiger partial charge in [-0.25, -0.2) is 8.42 Å². The monoisotopic (exact) mass is 517 g/mol. The number of hydrogen-bond donors (Lipinski definition) is 1. The van der Waals surface area contributed by atoms with E-state index in [-0.39, 0.29) is 42.2 Å². The molecule has 3 rings (SSSR count). The van der Waals surface area contributed by atoms with Gasteiger partial charge in [0, 0.05) is 38.0 Å². The minimum absolute atomic E-state index is 0.0464. The third-order valence-electron chi connectivity index (χ3n) is 5.56. The van der Waals surface area contributed by atoms with Gasteiger partial charge < -0.3 is 10.2 Å². The summed E-state index contributed by atoms with van der Waals surface area (Å²) in [5.74, 6) is -0.766. The number of carbonyl (C=O) groups excluding carboxylic acids is 2. The molecule has 1 atom stereocenters. The van der Waals surface area contributed by atoms with Crippen LogP contribution < -0.4 is 5.32 Å². The van der Waals surface area contributed by atoms with Crippen molar-refractivity contribution in [2.45, 2.75) is 49.7 Å². The Morgan fingerprint density at radius 3 is 2.29 bits per heavy atom. The van der Waals surface area contributed by atoms with Crippen molar-refractivity contribution in [2.24, 2.45) is 0 Å². The molecule has 1 aliphatic heterocycles. The van der Waals surface area contributed by atoms with E-state index in [9.17, 15) is 31.2 Å². The quantitative estimate of drug-likeness (QED) is 0.636. The number of alkyl halides is 3. The van der Waals surface area contributed by atoms with Crippen LogP contribution in [0.15, 0.2) is 40.6 Å². The van der Waals surface area contributed by atoms with Gasteiger partial charge in [0.25, 0.3) is 10.0 Å². The van der Waals surface area contributed by atoms with Crippen molar-refractivity contribution in [1.82, 2.24) is 14.5 Å². The Kier molecular flexibility index (Phi) is 7.73. The lowest BCUT2D eigenvalue weighted by Gasteiger charge is -2.39. The van der Waals surface area contributed by atoms with Crippen molar-refractivity contribution in [3.05, 3.63) is 52.4 Å². The van der Waals surface area contributed by atoms with Gasteiger partial charge in [-0.3, -0.25) is 9.59 Å². The van der Waals surface area contributed by atoms with Crippen molar-refractivity contribution in [1.29, 1.82) is 0 Å². The van der Waals surface area contributed by atoms with E-state index in [1.54, 1.807) is 6.07 Å². The van der Waals surface area contributed by atoms with E-state index in [1.165, 1.54) is 30.0 Å². The van der Waals surface area contributed by atoms with Gasteiger partial charge in [-0.05, 0) is 35.7 Å². The molecule has 1 aromatic carbocycles. The molecule has 1 aliphatic rings. The number of benzene rings is 1. The number of amides is 2. The molecule has 0 saturated carbocycles. The number of piperazine rings is 1. The minimum atomic E-state index is -4.47. The van der Waals surface area contributed by atoms with Crippen molar-refractivity contribution in [2.75, 3.05) is 19.6 Å². The van der Waals surface area contributed by atoms with Crippen molar-refractivity contribution in [3.8, 4) is 0 Å². The first-order chi connectivity index (χ1) is 15.8. The molecule has 7 nitrogen and oxygen atoms in total. The SMILES string of the molecule is CC(=O)N1CCN(S(=O)(=O)c2ccc(C(C)C)s2)C(C(=O)NCc2ccc(C(F)(F)F)cc2)C1. The molecule has 34 heavy (non-hydrogen) atoms. The molecule has 12 heteroatoms. The van der Waals surface area contributed by atoms with Gasteiger partial charge in [0.15, 0.2) is 0 Å². The summed E-state index contributed by atoms with van der Waals surface area (Å²) in [6.45, 7) is 5.15. The van der Waals surface area contributed by atoms with E-state index < -0.39 is 33.7 Å². The molecule has 1 unspecified atom stereocenters. The zero-order valence-corrected chi connectivity index (χ0v) is 20.6. The fourth-order valence-electron chi connectivity index (χ4n) is 3.57. The van der Waals surface area contributed by atoms with Crippen LogP contribution in [0.3, 0.4) is 0 Å². The summed E-state index contributed by atoms with van der Waals surface area (Å²) >= 11 is 1.14. The molecule has 2 amide bonds. The number of carbonyl (C=O) groups is 2. The second-order valence-corrected chi connectivity index (χ2v) is 11.6. The summed E-state index contributed by atoms with van der Waals surface area (Å²) in [6.07, 6.45) is -4.47. The van der Waals surface area contributed by atoms with Gasteiger partial charge >= 0.3 is 6.18 Å². The van der Waals surface area contributed by atoms with Gasteiger partial charge in [0.2, 0.25) is 11.8 Å². The van der Waals surface area contributed by atoms with Crippen LogP contribution in [0.25, 0.3) is 0 Å². The molecule has 1 fully saturated rings. The lowest BCUT2D eigenvalue weighted by atomic mass is 10.1. The van der Waals surface area contributed by atoms with Gasteiger partial charge in [0.1, 0.15) is 10.3 Å². The fraction of sp³-hybridized carbons (Fsp3) is 0.455. The average molecular weight is 518 g/mol. The van der Waals surface area contributed by atoms with Crippen LogP contribution in [0, 0.1) is 0 Å². The minimum Gasteiger partial charge on any atom is -0.351 e. The van der Waals surface area contributed by atoms with Crippen LogP contribution in [0.5, 0.6) is 0 Å². The van der Waals surface area contributed by atoms with Crippen LogP contribution in [-0.2, 0) is 32.3 Å². The second-order valence-electron chi connectivity index (χ2n) is 8.32. The lowest BCUT2D eigenvalue weighted by Crippen LogP contribution is -2.61. The molecule has 1 N–H and O–H groups in total. The highest BCUT2D eigenvalue weighted by Crippen LogP contribution is 2.32. The second kappa shape index (κ2) is 10.0. The van der Waals surface area contributed by atoms with Crippen LogP contribution >= 0.6 is 11.3 Å². The average Bonchev–Trinajstić information content (AvgIpc) is 3.28. The van der Waals surface area contributed by atoms with E-state index in [2.05, 4.69) is 5.32 Å². The molecule has 0 spiro atoms. The third kappa shape index (κ3) is 5.78. The van der Waals surface area contributed by atoms with Gasteiger partial charge in [-0.2, -0.15) is 17.5 Å². The normalized spacial score (nSPS) is 17.7. The first-order valence-electron chi connectivity index (χ1n) is 10.6. The van der Waals surface area contributed by atoms with Crippen molar-refractivity contribution >= 4 is 33.2 Å². The van der Waals surface area contributed by atoms with E-state index in [0.29, 0.717) is 5.56 Å². The Labute approximate surface area is 200 Å². The summed E-state index contributed by atoms with van der Waals surface area (Å²) in [6, 6.07) is 6.43. The maximum absolute atomic E-state index is 13.4. The Morgan fingerprint density at radius 1 is 1.12 bits per heavy atom. The molecule has 0 aliphatic carbocycles. The predicted octanol–water partition coefficient (Wildman–Crippen LogP) is 3.43. The van der Waals surface area contributed by atoms with Crippen molar-refractivity contribution < 1.29 is 31.2 Å². The molecule has 0 bridgehead atoms. The standard InChI is InChI=1S/C22H26F3N3O4S2/c1-14(2)19-8-9-20(33-19)34(31,32)28-11-10-27(15(3)29)13-18(28)21(30)26-12-16-4-6-17(7-5-16)22(23,24)25/h4-9,14,18H,10-13H2,1-3H3,(H,26,30). The lowest BCUT2D eigenvalue weighted by molar-refractivity contribution is -0.138. The highest BCUT2D eigenvalue weighted by atomic mass is 32.2. The van der Waals surface area contributed by atoms with E-state index in [0.717, 1.165) is 32.7 Å². The Morgan fingerprint density at radius 2 is 1.76 bits per heavy atom. The molecule has 1 aromatic heterocycles. The molecule has 2 aromatic rings. The number of nitrogens with one attached hydrogen (secondary N) is 1. The van der Waals surface area contributed by atoms with Gasteiger partial charge in [0.05, 0.1) is 5.56 Å². The number of rotatable bonds is 6. The van der Waals surface area contributed by atoms with Gasteiger partial charge in [-0.15, -0.1) is 11.3 Å². The fourth-order valence-corrected chi connectivity index (χ4v) is 6.60. The van der Waals surface area contributed by atoms with Crippen LogP contribution in [0.2, 0.25) is 0 Å². The Balaban J connectivity index is 1.80. The first-order valence-corrected chi connectivity index (χ1v) is 12.9. The van der Waals surface area contributed by atoms with E-state index in [4.69, 9.17) is 0 Å². The van der Waals surface area contributed by atoms with E-state index in [1.807, 2.05) is 13.8 Å². The molecule has 2 heterocycles. The third-order valence-corrected chi connectivity index (χ3v) is 9.32. The van der Waals surface area contributed by atoms with Crippen LogP contribution in [-0.4, -0.2) is 55.1 Å². The first kappa shape index (κ1) is 26.2. The summed E-state index contributed by atoms with van der Waals surface area (Å²) in [4.78, 5) is 27.2. The molecule has 0 radical (unpaired) electrons. The summed E-state index contributed by atoms with van der Waals surface area (Å²) < 4.78 is 66.2. The summed E-state index contributed by atoms with van der Waals surface area (Å²) in [5, 5.41) is 2.60. The number of halogens is 3. The molecular weight excluding hydrogens is 491 g/mol. The zero-order chi connectivity index (χ0) is 25.3. The van der Waals surface area contributed by atoms with Gasteiger partial charge in [-0.1, -0.05) is 26.0 Å². The van der Waals surface area contributed by atoms with Crippen LogP contribution in [0.1, 0.15) is 42.7 Å². The molecule has 186 valence electrons. The number of sulfonamides is 1.